The van der Waals surface area contributed by atoms with E-state index in [9.17, 15) is 4.79 Å². The number of hydrogen-bond acceptors (Lipinski definition) is 2. The largest absolute Gasteiger partial charge is 0.354 e. The van der Waals surface area contributed by atoms with Crippen molar-refractivity contribution in [2.45, 2.75) is 39.3 Å². The number of amides is 1. The van der Waals surface area contributed by atoms with Crippen molar-refractivity contribution in [2.24, 2.45) is 0 Å². The molecule has 3 nitrogen and oxygen atoms in total. The van der Waals surface area contributed by atoms with Crippen LogP contribution in [0.3, 0.4) is 0 Å². The van der Waals surface area contributed by atoms with Gasteiger partial charge in [-0.3, -0.25) is 4.79 Å². The summed E-state index contributed by atoms with van der Waals surface area (Å²) >= 11 is 3.53. The first-order chi connectivity index (χ1) is 8.50. The number of carbonyl (C=O) groups excluding carboxylic acids is 1. The van der Waals surface area contributed by atoms with Crippen LogP contribution in [-0.4, -0.2) is 18.5 Å². The molecule has 0 heterocycles. The molecule has 0 saturated heterocycles. The van der Waals surface area contributed by atoms with Crippen LogP contribution in [-0.2, 0) is 4.79 Å². The summed E-state index contributed by atoms with van der Waals surface area (Å²) in [4.78, 5) is 11.5. The average molecular weight is 313 g/mol. The fourth-order valence-corrected chi connectivity index (χ4v) is 2.36. The molecule has 1 rings (SSSR count). The number of carbonyl (C=O) groups is 1. The average Bonchev–Trinajstić information content (AvgIpc) is 2.28. The molecule has 0 aromatic heterocycles. The van der Waals surface area contributed by atoms with Crippen LogP contribution in [0.5, 0.6) is 0 Å². The van der Waals surface area contributed by atoms with Crippen LogP contribution in [0.25, 0.3) is 0 Å². The summed E-state index contributed by atoms with van der Waals surface area (Å²) in [6.07, 6.45) is 0.507. The zero-order valence-electron chi connectivity index (χ0n) is 11.2. The van der Waals surface area contributed by atoms with E-state index in [1.54, 1.807) is 0 Å². The Morgan fingerprint density at radius 3 is 2.56 bits per heavy atom. The molecule has 0 spiro atoms. The normalized spacial score (nSPS) is 12.5. The van der Waals surface area contributed by atoms with Gasteiger partial charge in [0, 0.05) is 29.5 Å². The monoisotopic (exact) mass is 312 g/mol. The van der Waals surface area contributed by atoms with Crippen LogP contribution in [0.2, 0.25) is 0 Å². The molecule has 1 atom stereocenters. The first-order valence-electron chi connectivity index (χ1n) is 6.28. The van der Waals surface area contributed by atoms with Crippen LogP contribution < -0.4 is 10.6 Å². The van der Waals surface area contributed by atoms with Crippen molar-refractivity contribution in [1.82, 2.24) is 10.6 Å². The fourth-order valence-electron chi connectivity index (χ4n) is 1.73. The smallest absolute Gasteiger partial charge is 0.221 e. The van der Waals surface area contributed by atoms with E-state index in [2.05, 4.69) is 39.6 Å². The standard InChI is InChI=1S/C14H21BrN2O/c1-10(2)17-14(18)8-9-16-11(3)12-6-4-5-7-13(12)15/h4-7,10-11,16H,8-9H2,1-3H3,(H,17,18)/t11-/m0/s1. The topological polar surface area (TPSA) is 41.1 Å². The molecule has 0 saturated carbocycles. The molecule has 1 aromatic carbocycles. The summed E-state index contributed by atoms with van der Waals surface area (Å²) in [6.45, 7) is 6.71. The third kappa shape index (κ3) is 5.19. The highest BCUT2D eigenvalue weighted by Gasteiger charge is 2.09. The predicted octanol–water partition coefficient (Wildman–Crippen LogP) is 3.01. The molecular formula is C14H21BrN2O. The molecule has 0 aliphatic heterocycles. The molecule has 1 amide bonds. The summed E-state index contributed by atoms with van der Waals surface area (Å²) < 4.78 is 1.09. The third-order valence-electron chi connectivity index (χ3n) is 2.62. The Balaban J connectivity index is 2.36. The van der Waals surface area contributed by atoms with Gasteiger partial charge in [-0.05, 0) is 32.4 Å². The van der Waals surface area contributed by atoms with Crippen LogP contribution in [0.15, 0.2) is 28.7 Å². The minimum Gasteiger partial charge on any atom is -0.354 e. The lowest BCUT2D eigenvalue weighted by Crippen LogP contribution is -2.33. The van der Waals surface area contributed by atoms with Crippen LogP contribution in [0.4, 0.5) is 0 Å². The molecule has 1 aromatic rings. The van der Waals surface area contributed by atoms with Crippen LogP contribution in [0.1, 0.15) is 38.8 Å². The Kier molecular flexibility index (Phi) is 6.36. The molecule has 2 N–H and O–H groups in total. The number of rotatable bonds is 6. The maximum absolute atomic E-state index is 11.5. The zero-order chi connectivity index (χ0) is 13.5. The SMILES string of the molecule is CC(C)NC(=O)CCN[C@@H](C)c1ccccc1Br. The van der Waals surface area contributed by atoms with Gasteiger partial charge in [0.1, 0.15) is 0 Å². The highest BCUT2D eigenvalue weighted by atomic mass is 79.9. The van der Waals surface area contributed by atoms with Crippen molar-refractivity contribution in [3.63, 3.8) is 0 Å². The van der Waals surface area contributed by atoms with E-state index in [1.807, 2.05) is 32.0 Å². The Morgan fingerprint density at radius 2 is 1.94 bits per heavy atom. The molecule has 4 heteroatoms. The first kappa shape index (κ1) is 15.2. The minimum atomic E-state index is 0.0943. The second kappa shape index (κ2) is 7.54. The van der Waals surface area contributed by atoms with Crippen molar-refractivity contribution >= 4 is 21.8 Å². The van der Waals surface area contributed by atoms with Gasteiger partial charge in [0.2, 0.25) is 5.91 Å². The number of nitrogens with one attached hydrogen (secondary N) is 2. The summed E-state index contributed by atoms with van der Waals surface area (Å²) in [7, 11) is 0. The maximum atomic E-state index is 11.5. The van der Waals surface area contributed by atoms with Crippen molar-refractivity contribution in [3.05, 3.63) is 34.3 Å². The van der Waals surface area contributed by atoms with Crippen LogP contribution >= 0.6 is 15.9 Å². The number of hydrogen-bond donors (Lipinski definition) is 2. The molecule has 0 aliphatic carbocycles. The van der Waals surface area contributed by atoms with Gasteiger partial charge in [-0.25, -0.2) is 0 Å². The van der Waals surface area contributed by atoms with Crippen LogP contribution in [0, 0.1) is 0 Å². The first-order valence-corrected chi connectivity index (χ1v) is 7.07. The van der Waals surface area contributed by atoms with E-state index < -0.39 is 0 Å². The van der Waals surface area contributed by atoms with Gasteiger partial charge in [-0.2, -0.15) is 0 Å². The van der Waals surface area contributed by atoms with E-state index in [0.29, 0.717) is 13.0 Å². The highest BCUT2D eigenvalue weighted by Crippen LogP contribution is 2.22. The summed E-state index contributed by atoms with van der Waals surface area (Å²) in [5.41, 5.74) is 1.21. The lowest BCUT2D eigenvalue weighted by atomic mass is 10.1. The fraction of sp³-hybridized carbons (Fsp3) is 0.500. The second-order valence-corrected chi connectivity index (χ2v) is 5.52. The van der Waals surface area contributed by atoms with Gasteiger partial charge in [0.25, 0.3) is 0 Å². The predicted molar refractivity (Wildman–Crippen MR) is 78.5 cm³/mol. The number of halogens is 1. The van der Waals surface area contributed by atoms with Gasteiger partial charge in [-0.15, -0.1) is 0 Å². The summed E-state index contributed by atoms with van der Waals surface area (Å²) in [5, 5.41) is 6.23. The van der Waals surface area contributed by atoms with Crippen molar-refractivity contribution in [2.75, 3.05) is 6.54 Å². The third-order valence-corrected chi connectivity index (χ3v) is 3.35. The minimum absolute atomic E-state index is 0.0943. The Morgan fingerprint density at radius 1 is 1.28 bits per heavy atom. The van der Waals surface area contributed by atoms with Gasteiger partial charge in [0.15, 0.2) is 0 Å². The summed E-state index contributed by atoms with van der Waals surface area (Å²) in [5.74, 6) is 0.0943. The molecule has 0 fully saturated rings. The molecule has 0 bridgehead atoms. The zero-order valence-corrected chi connectivity index (χ0v) is 12.8. The molecular weight excluding hydrogens is 292 g/mol. The van der Waals surface area contributed by atoms with Crippen molar-refractivity contribution < 1.29 is 4.79 Å². The van der Waals surface area contributed by atoms with E-state index >= 15 is 0 Å². The van der Waals surface area contributed by atoms with Crippen molar-refractivity contribution in [1.29, 1.82) is 0 Å². The number of benzene rings is 1. The molecule has 18 heavy (non-hydrogen) atoms. The highest BCUT2D eigenvalue weighted by molar-refractivity contribution is 9.10. The second-order valence-electron chi connectivity index (χ2n) is 4.67. The Hall–Kier alpha value is -0.870. The van der Waals surface area contributed by atoms with Gasteiger partial charge in [-0.1, -0.05) is 34.1 Å². The molecule has 100 valence electrons. The van der Waals surface area contributed by atoms with Crippen molar-refractivity contribution in [3.8, 4) is 0 Å². The van der Waals surface area contributed by atoms with Gasteiger partial charge >= 0.3 is 0 Å². The maximum Gasteiger partial charge on any atom is 0.221 e. The molecule has 0 radical (unpaired) electrons. The van der Waals surface area contributed by atoms with E-state index in [0.717, 1.165) is 4.47 Å². The van der Waals surface area contributed by atoms with Gasteiger partial charge in [0.05, 0.1) is 0 Å². The van der Waals surface area contributed by atoms with E-state index in [-0.39, 0.29) is 18.0 Å². The van der Waals surface area contributed by atoms with E-state index in [4.69, 9.17) is 0 Å². The quantitative estimate of drug-likeness (QED) is 0.847. The van der Waals surface area contributed by atoms with Gasteiger partial charge < -0.3 is 10.6 Å². The lowest BCUT2D eigenvalue weighted by Gasteiger charge is -2.16. The Labute approximate surface area is 117 Å². The summed E-state index contributed by atoms with van der Waals surface area (Å²) in [6, 6.07) is 8.56. The molecule has 0 aliphatic rings. The van der Waals surface area contributed by atoms with E-state index in [1.165, 1.54) is 5.56 Å². The Bertz CT molecular complexity index is 393. The molecule has 0 unspecified atom stereocenters. The lowest BCUT2D eigenvalue weighted by molar-refractivity contribution is -0.121.